The minimum Gasteiger partial charge on any atom is -0.302 e. The van der Waals surface area contributed by atoms with Gasteiger partial charge >= 0.3 is 0 Å². The van der Waals surface area contributed by atoms with Crippen LogP contribution in [-0.2, 0) is 11.2 Å². The molecule has 1 atom stereocenters. The minimum atomic E-state index is 0.0743. The van der Waals surface area contributed by atoms with E-state index in [-0.39, 0.29) is 11.8 Å². The largest absolute Gasteiger partial charge is 0.302 e. The highest BCUT2D eigenvalue weighted by atomic mass is 35.5. The topological polar surface area (TPSA) is 42.0 Å². The molecule has 0 aliphatic heterocycles. The van der Waals surface area contributed by atoms with Crippen molar-refractivity contribution in [3.05, 3.63) is 58.1 Å². The molecular formula is C17H17ClN2OS. The summed E-state index contributed by atoms with van der Waals surface area (Å²) in [5, 5.41) is 4.35. The summed E-state index contributed by atoms with van der Waals surface area (Å²) in [6.45, 7) is 0. The van der Waals surface area contributed by atoms with Gasteiger partial charge in [-0.25, -0.2) is 4.98 Å². The van der Waals surface area contributed by atoms with E-state index in [1.807, 2.05) is 30.5 Å². The Bertz CT molecular complexity index is 695. The Balaban J connectivity index is 1.61. The smallest absolute Gasteiger partial charge is 0.229 e. The van der Waals surface area contributed by atoms with Gasteiger partial charge in [0.25, 0.3) is 0 Å². The number of hydrogen-bond acceptors (Lipinski definition) is 3. The van der Waals surface area contributed by atoms with Crippen molar-refractivity contribution < 1.29 is 4.79 Å². The molecule has 0 bridgehead atoms. The van der Waals surface area contributed by atoms with Crippen LogP contribution in [0.2, 0.25) is 5.02 Å². The van der Waals surface area contributed by atoms with Crippen LogP contribution in [0.3, 0.4) is 0 Å². The summed E-state index contributed by atoms with van der Waals surface area (Å²) < 4.78 is 0. The summed E-state index contributed by atoms with van der Waals surface area (Å²) >= 11 is 7.52. The number of allylic oxidation sites excluding steroid dienone is 2. The van der Waals surface area contributed by atoms with E-state index in [0.29, 0.717) is 5.13 Å². The lowest BCUT2D eigenvalue weighted by atomic mass is 9.94. The molecule has 0 radical (unpaired) electrons. The van der Waals surface area contributed by atoms with E-state index < -0.39 is 0 Å². The van der Waals surface area contributed by atoms with Crippen molar-refractivity contribution in [2.75, 3.05) is 5.32 Å². The Hall–Kier alpha value is -1.65. The van der Waals surface area contributed by atoms with Crippen molar-refractivity contribution in [2.45, 2.75) is 25.7 Å². The lowest BCUT2D eigenvalue weighted by Gasteiger charge is -2.15. The Kier molecular flexibility index (Phi) is 4.90. The third kappa shape index (κ3) is 3.96. The first-order valence-electron chi connectivity index (χ1n) is 7.36. The second kappa shape index (κ2) is 7.07. The van der Waals surface area contributed by atoms with Crippen molar-refractivity contribution in [1.29, 1.82) is 0 Å². The Morgan fingerprint density at radius 2 is 2.32 bits per heavy atom. The molecule has 3 nitrogen and oxygen atoms in total. The standard InChI is InChI=1S/C17H17ClN2OS/c18-14-8-4-5-12(9-14)10-15-11-19-17(22-15)20-16(21)13-6-2-1-3-7-13/h1-2,4-5,8-9,11,13H,3,6-7,10H2,(H,19,20,21). The highest BCUT2D eigenvalue weighted by Gasteiger charge is 2.19. The predicted molar refractivity (Wildman–Crippen MR) is 91.5 cm³/mol. The van der Waals surface area contributed by atoms with E-state index in [4.69, 9.17) is 11.6 Å². The maximum Gasteiger partial charge on any atom is 0.229 e. The number of carbonyl (C=O) groups excluding carboxylic acids is 1. The van der Waals surface area contributed by atoms with Crippen molar-refractivity contribution in [2.24, 2.45) is 5.92 Å². The molecule has 3 rings (SSSR count). The summed E-state index contributed by atoms with van der Waals surface area (Å²) in [4.78, 5) is 17.6. The fourth-order valence-electron chi connectivity index (χ4n) is 2.53. The van der Waals surface area contributed by atoms with Gasteiger partial charge in [-0.3, -0.25) is 4.79 Å². The van der Waals surface area contributed by atoms with Gasteiger partial charge in [0, 0.05) is 28.4 Å². The molecule has 1 aliphatic rings. The fourth-order valence-corrected chi connectivity index (χ4v) is 3.60. The fraction of sp³-hybridized carbons (Fsp3) is 0.294. The number of anilines is 1. The molecule has 5 heteroatoms. The zero-order valence-electron chi connectivity index (χ0n) is 12.1. The number of nitrogens with zero attached hydrogens (tertiary/aromatic N) is 1. The number of nitrogens with one attached hydrogen (secondary N) is 1. The van der Waals surface area contributed by atoms with Gasteiger partial charge in [0.05, 0.1) is 0 Å². The molecule has 114 valence electrons. The van der Waals surface area contributed by atoms with Crippen molar-refractivity contribution in [1.82, 2.24) is 4.98 Å². The molecule has 0 spiro atoms. The second-order valence-corrected chi connectivity index (χ2v) is 6.96. The Labute approximate surface area is 139 Å². The first-order valence-corrected chi connectivity index (χ1v) is 8.55. The van der Waals surface area contributed by atoms with Gasteiger partial charge in [-0.15, -0.1) is 11.3 Å². The zero-order valence-corrected chi connectivity index (χ0v) is 13.7. The second-order valence-electron chi connectivity index (χ2n) is 5.41. The van der Waals surface area contributed by atoms with Crippen LogP contribution < -0.4 is 5.32 Å². The molecule has 0 fully saturated rings. The average Bonchev–Trinajstić information content (AvgIpc) is 2.95. The summed E-state index contributed by atoms with van der Waals surface area (Å²) in [6.07, 6.45) is 9.55. The van der Waals surface area contributed by atoms with Crippen molar-refractivity contribution in [3.8, 4) is 0 Å². The number of rotatable bonds is 4. The van der Waals surface area contributed by atoms with Crippen LogP contribution in [0.15, 0.2) is 42.6 Å². The van der Waals surface area contributed by atoms with E-state index >= 15 is 0 Å². The van der Waals surface area contributed by atoms with Crippen LogP contribution in [-0.4, -0.2) is 10.9 Å². The van der Waals surface area contributed by atoms with Crippen molar-refractivity contribution >= 4 is 34.0 Å². The van der Waals surface area contributed by atoms with E-state index in [0.717, 1.165) is 41.1 Å². The zero-order chi connectivity index (χ0) is 15.4. The first-order chi connectivity index (χ1) is 10.7. The summed E-state index contributed by atoms with van der Waals surface area (Å²) in [5.41, 5.74) is 1.14. The number of amides is 1. The molecule has 22 heavy (non-hydrogen) atoms. The first kappa shape index (κ1) is 15.3. The van der Waals surface area contributed by atoms with Gasteiger partial charge < -0.3 is 5.32 Å². The van der Waals surface area contributed by atoms with E-state index in [1.165, 1.54) is 11.3 Å². The van der Waals surface area contributed by atoms with E-state index in [9.17, 15) is 4.79 Å². The molecule has 2 aromatic rings. The number of hydrogen-bond donors (Lipinski definition) is 1. The van der Waals surface area contributed by atoms with Gasteiger partial charge in [-0.05, 0) is 37.0 Å². The molecule has 0 saturated carbocycles. The van der Waals surface area contributed by atoms with E-state index in [1.54, 1.807) is 0 Å². The number of benzene rings is 1. The molecule has 1 aromatic carbocycles. The third-order valence-electron chi connectivity index (χ3n) is 3.69. The minimum absolute atomic E-state index is 0.0743. The van der Waals surface area contributed by atoms with Gasteiger partial charge in [0.1, 0.15) is 0 Å². The number of halogens is 1. The highest BCUT2D eigenvalue weighted by Crippen LogP contribution is 2.25. The quantitative estimate of drug-likeness (QED) is 0.826. The molecule has 1 aliphatic carbocycles. The van der Waals surface area contributed by atoms with Crippen LogP contribution in [0, 0.1) is 5.92 Å². The van der Waals surface area contributed by atoms with Gasteiger partial charge in [0.2, 0.25) is 5.91 Å². The van der Waals surface area contributed by atoms with Crippen LogP contribution in [0.5, 0.6) is 0 Å². The van der Waals surface area contributed by atoms with Crippen molar-refractivity contribution in [3.63, 3.8) is 0 Å². The van der Waals surface area contributed by atoms with Gasteiger partial charge in [-0.2, -0.15) is 0 Å². The number of thiazole rings is 1. The van der Waals surface area contributed by atoms with Crippen LogP contribution in [0.25, 0.3) is 0 Å². The maximum atomic E-state index is 12.2. The third-order valence-corrected chi connectivity index (χ3v) is 4.84. The average molecular weight is 333 g/mol. The Morgan fingerprint density at radius 3 is 3.09 bits per heavy atom. The molecule has 1 heterocycles. The number of carbonyl (C=O) groups is 1. The monoisotopic (exact) mass is 332 g/mol. The molecule has 1 amide bonds. The molecular weight excluding hydrogens is 316 g/mol. The SMILES string of the molecule is O=C(Nc1ncc(Cc2cccc(Cl)c2)s1)C1CC=CCC1. The van der Waals surface area contributed by atoms with Crippen LogP contribution in [0.1, 0.15) is 29.7 Å². The lowest BCUT2D eigenvalue weighted by Crippen LogP contribution is -2.23. The van der Waals surface area contributed by atoms with Crippen LogP contribution in [0.4, 0.5) is 5.13 Å². The molecule has 1 aromatic heterocycles. The number of aromatic nitrogens is 1. The van der Waals surface area contributed by atoms with Crippen LogP contribution >= 0.6 is 22.9 Å². The summed E-state index contributed by atoms with van der Waals surface area (Å²) in [5.74, 6) is 0.151. The lowest BCUT2D eigenvalue weighted by molar-refractivity contribution is -0.120. The maximum absolute atomic E-state index is 12.2. The predicted octanol–water partition coefficient (Wildman–Crippen LogP) is 4.68. The molecule has 1 unspecified atom stereocenters. The Morgan fingerprint density at radius 1 is 1.41 bits per heavy atom. The van der Waals surface area contributed by atoms with Gasteiger partial charge in [-0.1, -0.05) is 35.9 Å². The highest BCUT2D eigenvalue weighted by molar-refractivity contribution is 7.15. The van der Waals surface area contributed by atoms with Gasteiger partial charge in [0.15, 0.2) is 5.13 Å². The van der Waals surface area contributed by atoms with E-state index in [2.05, 4.69) is 22.5 Å². The normalized spacial score (nSPS) is 17.4. The molecule has 0 saturated heterocycles. The summed E-state index contributed by atoms with van der Waals surface area (Å²) in [7, 11) is 0. The summed E-state index contributed by atoms with van der Waals surface area (Å²) in [6, 6.07) is 7.80. The molecule has 1 N–H and O–H groups in total.